The van der Waals surface area contributed by atoms with Crippen molar-refractivity contribution < 1.29 is 24.2 Å². The first kappa shape index (κ1) is 32.5. The van der Waals surface area contributed by atoms with Gasteiger partial charge in [-0.15, -0.1) is 0 Å². The van der Waals surface area contributed by atoms with Crippen LogP contribution in [-0.2, 0) is 19.1 Å². The van der Waals surface area contributed by atoms with Gasteiger partial charge in [-0.05, 0) is 6.42 Å². The molecule has 0 bridgehead atoms. The molecular weight excluding hydrogens is 388 g/mol. The van der Waals surface area contributed by atoms with Gasteiger partial charge in [0.2, 0.25) is 0 Å². The summed E-state index contributed by atoms with van der Waals surface area (Å²) in [6.07, 6.45) is 12.6. The van der Waals surface area contributed by atoms with Crippen molar-refractivity contribution in [1.82, 2.24) is 0 Å². The van der Waals surface area contributed by atoms with Crippen LogP contribution in [0.1, 0.15) is 90.4 Å². The second-order valence-electron chi connectivity index (χ2n) is 6.28. The molecule has 0 radical (unpaired) electrons. The molecule has 1 unspecified atom stereocenters. The van der Waals surface area contributed by atoms with Gasteiger partial charge in [0.15, 0.2) is 0 Å². The number of aliphatic carboxylic acids is 1. The van der Waals surface area contributed by atoms with Crippen molar-refractivity contribution in [1.29, 1.82) is 0 Å². The number of hydrogen-bond acceptors (Lipinski definition) is 5. The molecule has 1 atom stereocenters. The van der Waals surface area contributed by atoms with E-state index in [1.54, 1.807) is 0 Å². The van der Waals surface area contributed by atoms with Gasteiger partial charge in [0, 0.05) is 6.42 Å². The van der Waals surface area contributed by atoms with Gasteiger partial charge in [-0.2, -0.15) is 0 Å². The molecule has 26 heavy (non-hydrogen) atoms. The molecule has 0 rings (SSSR count). The summed E-state index contributed by atoms with van der Waals surface area (Å²) >= 11 is 0. The summed E-state index contributed by atoms with van der Waals surface area (Å²) in [4.78, 5) is 33.2. The van der Waals surface area contributed by atoms with Crippen LogP contribution in [0.4, 0.5) is 0 Å². The molecule has 8 heteroatoms. The summed E-state index contributed by atoms with van der Waals surface area (Å²) in [7, 11) is 0. The summed E-state index contributed by atoms with van der Waals surface area (Å²) < 4.78 is 4.54. The molecule has 144 valence electrons. The van der Waals surface area contributed by atoms with Crippen molar-refractivity contribution in [2.24, 2.45) is 5.73 Å². The van der Waals surface area contributed by atoms with Crippen molar-refractivity contribution >= 4 is 121 Å². The fourth-order valence-electron chi connectivity index (χ4n) is 2.44. The fourth-order valence-corrected chi connectivity index (χ4v) is 2.44. The summed E-state index contributed by atoms with van der Waals surface area (Å²) in [6.45, 7) is 2.22. The van der Waals surface area contributed by atoms with Crippen molar-refractivity contribution in [3.63, 3.8) is 0 Å². The van der Waals surface area contributed by atoms with Crippen molar-refractivity contribution in [3.8, 4) is 0 Å². The first-order valence-electron chi connectivity index (χ1n) is 9.19. The van der Waals surface area contributed by atoms with Gasteiger partial charge in [-0.1, -0.05) is 71.1 Å². The van der Waals surface area contributed by atoms with Crippen LogP contribution in [0.3, 0.4) is 0 Å². The Hall–Kier alpha value is 1.84. The Labute approximate surface area is 243 Å². The van der Waals surface area contributed by atoms with Gasteiger partial charge in [-0.3, -0.25) is 9.59 Å². The normalized spacial score (nSPS) is 11.0. The Balaban J connectivity index is -0.00000264. The molecule has 0 heterocycles. The van der Waals surface area contributed by atoms with Crippen LogP contribution in [-0.4, -0.2) is 132 Å². The number of carboxylic acids is 1. The van der Waals surface area contributed by atoms with Crippen LogP contribution in [0, 0.1) is 0 Å². The van der Waals surface area contributed by atoms with E-state index in [-0.39, 0.29) is 109 Å². The molecule has 3 N–H and O–H groups in total. The second kappa shape index (κ2) is 23.1. The number of ether oxygens (including phenoxy) is 1. The summed E-state index contributed by atoms with van der Waals surface area (Å²) in [6, 6.07) is -1.29. The molecule has 6 nitrogen and oxygen atoms in total. The van der Waals surface area contributed by atoms with E-state index >= 15 is 0 Å². The molecule has 0 fully saturated rings. The van der Waals surface area contributed by atoms with Crippen LogP contribution in [0.15, 0.2) is 0 Å². The average molecular weight is 424 g/mol. The molecule has 0 spiro atoms. The predicted molar refractivity (Wildman–Crippen MR) is 107 cm³/mol. The van der Waals surface area contributed by atoms with E-state index < -0.39 is 30.4 Å². The third kappa shape index (κ3) is 22.1. The Morgan fingerprint density at radius 3 is 1.69 bits per heavy atom. The third-order valence-electron chi connectivity index (χ3n) is 3.90. The molecule has 0 aliphatic carbocycles. The summed E-state index contributed by atoms with van der Waals surface area (Å²) in [5.41, 5.74) is 5.32. The van der Waals surface area contributed by atoms with E-state index in [4.69, 9.17) is 10.8 Å². The standard InChI is InChI=1S/C18H33NO5.2K.2H/c1-2-3-4-5-6-7-8-9-10-11-12-13-17(22)24-18(23)15(19)14-16(20)21;;;;/h15H,2-14,19H2,1H3,(H,20,21);;;;. The molecule has 0 amide bonds. The van der Waals surface area contributed by atoms with Crippen LogP contribution in [0.2, 0.25) is 0 Å². The van der Waals surface area contributed by atoms with E-state index in [1.165, 1.54) is 51.4 Å². The molecule has 0 aromatic carbocycles. The number of carbonyl (C=O) groups excluding carboxylic acids is 2. The van der Waals surface area contributed by atoms with Crippen LogP contribution >= 0.6 is 0 Å². The molecule has 0 aromatic heterocycles. The topological polar surface area (TPSA) is 107 Å². The minimum absolute atomic E-state index is 0. The maximum absolute atomic E-state index is 11.5. The Morgan fingerprint density at radius 1 is 0.846 bits per heavy atom. The number of carboxylic acid groups (broad SMARTS) is 1. The summed E-state index contributed by atoms with van der Waals surface area (Å²) in [5.74, 6) is -2.79. The van der Waals surface area contributed by atoms with Gasteiger partial charge < -0.3 is 15.6 Å². The van der Waals surface area contributed by atoms with E-state index in [0.29, 0.717) is 6.42 Å². The molecule has 0 aliphatic heterocycles. The molecular formula is C18H35K2NO5. The van der Waals surface area contributed by atoms with Gasteiger partial charge in [0.25, 0.3) is 0 Å². The number of rotatable bonds is 15. The third-order valence-corrected chi connectivity index (χ3v) is 3.90. The minimum atomic E-state index is -1.29. The first-order valence-corrected chi connectivity index (χ1v) is 9.19. The molecule has 0 saturated heterocycles. The predicted octanol–water partition coefficient (Wildman–Crippen LogP) is 2.26. The van der Waals surface area contributed by atoms with Crippen LogP contribution in [0.25, 0.3) is 0 Å². The van der Waals surface area contributed by atoms with Gasteiger partial charge in [-0.25, -0.2) is 4.79 Å². The average Bonchev–Trinajstić information content (AvgIpc) is 2.51. The van der Waals surface area contributed by atoms with E-state index in [9.17, 15) is 14.4 Å². The fraction of sp³-hybridized carbons (Fsp3) is 0.833. The maximum atomic E-state index is 11.5. The zero-order valence-corrected chi connectivity index (χ0v) is 14.9. The zero-order valence-electron chi connectivity index (χ0n) is 14.9. The van der Waals surface area contributed by atoms with Crippen molar-refractivity contribution in [2.45, 2.75) is 96.4 Å². The molecule has 0 aliphatic rings. The Bertz CT molecular complexity index is 381. The summed E-state index contributed by atoms with van der Waals surface area (Å²) in [5, 5.41) is 8.51. The van der Waals surface area contributed by atoms with Crippen LogP contribution in [0.5, 0.6) is 0 Å². The van der Waals surface area contributed by atoms with Crippen molar-refractivity contribution in [2.75, 3.05) is 0 Å². The number of unbranched alkanes of at least 4 members (excludes halogenated alkanes) is 10. The van der Waals surface area contributed by atoms with Gasteiger partial charge in [0.1, 0.15) is 6.04 Å². The number of carbonyl (C=O) groups is 3. The van der Waals surface area contributed by atoms with Gasteiger partial charge in [0.05, 0.1) is 6.42 Å². The SMILES string of the molecule is CCCCCCCCCCCCCC(=O)OC(=O)C(N)CC(=O)O.[KH].[KH]. The quantitative estimate of drug-likeness (QED) is 0.181. The van der Waals surface area contributed by atoms with E-state index in [1.807, 2.05) is 0 Å². The van der Waals surface area contributed by atoms with E-state index in [0.717, 1.165) is 12.8 Å². The molecule has 0 saturated carbocycles. The van der Waals surface area contributed by atoms with E-state index in [2.05, 4.69) is 11.7 Å². The van der Waals surface area contributed by atoms with Crippen molar-refractivity contribution in [3.05, 3.63) is 0 Å². The van der Waals surface area contributed by atoms with Gasteiger partial charge >= 0.3 is 121 Å². The number of hydrogen-bond donors (Lipinski definition) is 2. The number of nitrogens with two attached hydrogens (primary N) is 1. The second-order valence-corrected chi connectivity index (χ2v) is 6.28. The first-order chi connectivity index (χ1) is 11.5. The Morgan fingerprint density at radius 2 is 1.27 bits per heavy atom. The zero-order chi connectivity index (χ0) is 18.2. The number of esters is 2. The molecule has 0 aromatic rings. The van der Waals surface area contributed by atoms with Crippen LogP contribution < -0.4 is 5.73 Å². The Kier molecular flexibility index (Phi) is 28.9. The monoisotopic (exact) mass is 423 g/mol.